The van der Waals surface area contributed by atoms with Gasteiger partial charge in [-0.15, -0.1) is 0 Å². The van der Waals surface area contributed by atoms with Gasteiger partial charge in [0.1, 0.15) is 24.2 Å². The summed E-state index contributed by atoms with van der Waals surface area (Å²) in [6.07, 6.45) is 2.40. The van der Waals surface area contributed by atoms with Crippen molar-refractivity contribution in [1.82, 2.24) is 0 Å². The van der Waals surface area contributed by atoms with Crippen molar-refractivity contribution in [3.05, 3.63) is 47.1 Å². The van der Waals surface area contributed by atoms with Crippen LogP contribution in [0.25, 0.3) is 0 Å². The van der Waals surface area contributed by atoms with Gasteiger partial charge in [0.2, 0.25) is 0 Å². The van der Waals surface area contributed by atoms with Gasteiger partial charge in [0.25, 0.3) is 5.91 Å². The van der Waals surface area contributed by atoms with E-state index in [0.29, 0.717) is 12.0 Å². The average molecular weight is 620 g/mol. The van der Waals surface area contributed by atoms with Gasteiger partial charge in [0.05, 0.1) is 30.1 Å². The van der Waals surface area contributed by atoms with Crippen molar-refractivity contribution in [3.63, 3.8) is 0 Å². The molecule has 2 rings (SSSR count). The van der Waals surface area contributed by atoms with Crippen LogP contribution in [0.2, 0.25) is 0 Å². The summed E-state index contributed by atoms with van der Waals surface area (Å²) in [6.45, 7) is 5.88. The molecule has 0 aromatic heterocycles. The number of Topliss-reactive ketones (excluding diaryl/α,β-unsaturated/α-hetero) is 1. The lowest BCUT2D eigenvalue weighted by Crippen LogP contribution is -2.37. The number of methoxy groups -OCH3 is 2. The number of allylic oxidation sites excluding steroid dienone is 2. The number of amides is 2. The summed E-state index contributed by atoms with van der Waals surface area (Å²) in [5.41, 5.74) is 6.37. The van der Waals surface area contributed by atoms with Gasteiger partial charge in [-0.25, -0.2) is 4.79 Å². The number of phenolic OH excluding ortho intramolecular Hbond substituents is 2. The predicted octanol–water partition coefficient (Wildman–Crippen LogP) is 2.53. The molecule has 0 saturated carbocycles. The van der Waals surface area contributed by atoms with Crippen molar-refractivity contribution in [1.29, 1.82) is 0 Å². The lowest BCUT2D eigenvalue weighted by atomic mass is 9.87. The van der Waals surface area contributed by atoms with E-state index < -0.39 is 54.7 Å². The maximum atomic E-state index is 13.0. The Balaban J connectivity index is 2.67. The Bertz CT molecular complexity index is 1280. The highest BCUT2D eigenvalue weighted by atomic mass is 16.6. The van der Waals surface area contributed by atoms with Gasteiger partial charge >= 0.3 is 6.09 Å². The summed E-state index contributed by atoms with van der Waals surface area (Å²) in [7, 11) is 2.89. The number of hydrogen-bond donors (Lipinski definition) is 7. The van der Waals surface area contributed by atoms with E-state index in [1.807, 2.05) is 6.92 Å². The lowest BCUT2D eigenvalue weighted by molar-refractivity contribution is -0.120. The number of benzene rings is 1. The molecule has 0 aliphatic carbocycles. The van der Waals surface area contributed by atoms with E-state index in [0.717, 1.165) is 6.07 Å². The molecule has 1 aromatic rings. The molecule has 2 bridgehead atoms. The highest BCUT2D eigenvalue weighted by Gasteiger charge is 2.30. The zero-order chi connectivity index (χ0) is 33.1. The van der Waals surface area contributed by atoms with E-state index in [4.69, 9.17) is 25.1 Å². The van der Waals surface area contributed by atoms with Crippen LogP contribution in [-0.2, 0) is 30.2 Å². The Morgan fingerprint density at radius 2 is 1.84 bits per heavy atom. The maximum absolute atomic E-state index is 13.0. The molecule has 13 nitrogen and oxygen atoms in total. The molecule has 44 heavy (non-hydrogen) atoms. The number of ether oxygens (including phenoxy) is 3. The Hall–Kier alpha value is -3.91. The Kier molecular flexibility index (Phi) is 13.9. The summed E-state index contributed by atoms with van der Waals surface area (Å²) in [5, 5.41) is 47.9. The van der Waals surface area contributed by atoms with E-state index in [1.54, 1.807) is 26.0 Å². The number of phenols is 2. The maximum Gasteiger partial charge on any atom is 0.405 e. The number of aliphatic hydroxyl groups excluding tert-OH is 2. The fraction of sp³-hybridized carbons (Fsp3) is 0.516. The topological polar surface area (TPSA) is 210 Å². The fourth-order valence-corrected chi connectivity index (χ4v) is 5.05. The molecule has 1 aliphatic heterocycles. The number of ketones is 1. The monoisotopic (exact) mass is 619 g/mol. The first-order valence-corrected chi connectivity index (χ1v) is 14.2. The van der Waals surface area contributed by atoms with Crippen LogP contribution in [0.3, 0.4) is 0 Å². The fourth-order valence-electron chi connectivity index (χ4n) is 5.05. The first-order chi connectivity index (χ1) is 20.7. The van der Waals surface area contributed by atoms with Crippen molar-refractivity contribution < 1.29 is 49.0 Å². The van der Waals surface area contributed by atoms with Crippen molar-refractivity contribution in [2.24, 2.45) is 17.6 Å². The molecule has 8 N–H and O–H groups in total. The van der Waals surface area contributed by atoms with E-state index >= 15 is 0 Å². The van der Waals surface area contributed by atoms with E-state index in [2.05, 4.69) is 10.6 Å². The number of anilines is 2. The predicted molar refractivity (Wildman–Crippen MR) is 164 cm³/mol. The quantitative estimate of drug-likeness (QED) is 0.134. The second kappa shape index (κ2) is 16.8. The molecular formula is C31H45N3O10. The number of rotatable bonds is 7. The molecule has 1 aromatic carbocycles. The molecule has 0 fully saturated rings. The smallest absolute Gasteiger partial charge is 0.405 e. The number of carbonyl (C=O) groups is 3. The van der Waals surface area contributed by atoms with E-state index in [9.17, 15) is 29.7 Å². The second-order valence-electron chi connectivity index (χ2n) is 11.0. The van der Waals surface area contributed by atoms with E-state index in [-0.39, 0.29) is 52.9 Å². The van der Waals surface area contributed by atoms with Gasteiger partial charge in [-0.1, -0.05) is 38.2 Å². The summed E-state index contributed by atoms with van der Waals surface area (Å²) >= 11 is 0. The molecule has 2 amide bonds. The number of fused-ring (bicyclic) bond motifs is 2. The summed E-state index contributed by atoms with van der Waals surface area (Å²) in [4.78, 5) is 36.6. The van der Waals surface area contributed by atoms with Crippen LogP contribution in [0.4, 0.5) is 16.2 Å². The third kappa shape index (κ3) is 9.81. The van der Waals surface area contributed by atoms with Crippen LogP contribution in [0, 0.1) is 11.8 Å². The minimum absolute atomic E-state index is 0.0650. The second-order valence-corrected chi connectivity index (χ2v) is 11.0. The molecule has 13 heteroatoms. The highest BCUT2D eigenvalue weighted by Crippen LogP contribution is 2.42. The Morgan fingerprint density at radius 1 is 1.16 bits per heavy atom. The largest absolute Gasteiger partial charge is 0.506 e. The molecule has 0 radical (unpaired) electrons. The van der Waals surface area contributed by atoms with Crippen LogP contribution < -0.4 is 16.4 Å². The minimum Gasteiger partial charge on any atom is -0.506 e. The van der Waals surface area contributed by atoms with Crippen molar-refractivity contribution in [2.45, 2.75) is 65.0 Å². The number of nitrogens with two attached hydrogens (primary N) is 1. The van der Waals surface area contributed by atoms with Gasteiger partial charge < -0.3 is 51.0 Å². The van der Waals surface area contributed by atoms with Crippen molar-refractivity contribution in [3.8, 4) is 11.5 Å². The van der Waals surface area contributed by atoms with Crippen molar-refractivity contribution in [2.75, 3.05) is 38.0 Å². The number of primary amides is 1. The zero-order valence-electron chi connectivity index (χ0n) is 26.0. The van der Waals surface area contributed by atoms with Gasteiger partial charge in [-0.3, -0.25) is 9.59 Å². The standard InChI is InChI=1S/C31H45N3O10/c1-16-10-21-26(33-14-20(36)15-35)23(37)13-22(28(21)39)34-30(40)17(2)8-7-9-24(42-5)29(44-31(32)41)19(4)12-18(3)27(38)25(11-16)43-6/h7-9,12-13,16,18,24-25,27,29,33,35,37-39H,10-11,14-15H2,1-6H3,(H2,32,41)(H,34,40)/b9-7?,17-8+,19-12+/t16-,18+,24+,25+,27-,29+/m1/s1. The highest BCUT2D eigenvalue weighted by molar-refractivity contribution is 6.05. The summed E-state index contributed by atoms with van der Waals surface area (Å²) in [5.74, 6) is -2.50. The van der Waals surface area contributed by atoms with Crippen LogP contribution in [0.5, 0.6) is 11.5 Å². The summed E-state index contributed by atoms with van der Waals surface area (Å²) < 4.78 is 16.5. The lowest BCUT2D eigenvalue weighted by Gasteiger charge is -2.29. The van der Waals surface area contributed by atoms with Crippen LogP contribution in [0.15, 0.2) is 41.5 Å². The first kappa shape index (κ1) is 36.3. The molecular weight excluding hydrogens is 574 g/mol. The molecule has 0 spiro atoms. The van der Waals surface area contributed by atoms with Crippen LogP contribution >= 0.6 is 0 Å². The number of hydrogen-bond acceptors (Lipinski definition) is 11. The van der Waals surface area contributed by atoms with Crippen LogP contribution in [-0.4, -0.2) is 90.0 Å². The normalized spacial score (nSPS) is 27.8. The molecule has 1 heterocycles. The van der Waals surface area contributed by atoms with Gasteiger partial charge in [-0.05, 0) is 38.2 Å². The number of aliphatic hydroxyl groups is 2. The number of carbonyl (C=O) groups excluding carboxylic acids is 3. The molecule has 0 saturated heterocycles. The number of aromatic hydroxyl groups is 2. The van der Waals surface area contributed by atoms with Crippen LogP contribution in [0.1, 0.15) is 39.7 Å². The molecule has 1 aliphatic rings. The molecule has 6 atom stereocenters. The van der Waals surface area contributed by atoms with Gasteiger partial charge in [0, 0.05) is 37.3 Å². The average Bonchev–Trinajstić information content (AvgIpc) is 2.97. The Morgan fingerprint density at radius 3 is 2.43 bits per heavy atom. The molecule has 0 unspecified atom stereocenters. The van der Waals surface area contributed by atoms with Gasteiger partial charge in [-0.2, -0.15) is 0 Å². The zero-order valence-corrected chi connectivity index (χ0v) is 26.0. The third-order valence-corrected chi connectivity index (χ3v) is 7.47. The van der Waals surface area contributed by atoms with Crippen molar-refractivity contribution >= 4 is 29.2 Å². The van der Waals surface area contributed by atoms with E-state index in [1.165, 1.54) is 33.3 Å². The van der Waals surface area contributed by atoms with Gasteiger partial charge in [0.15, 0.2) is 11.9 Å². The minimum atomic E-state index is -1.01. The number of nitrogens with one attached hydrogen (secondary N) is 2. The third-order valence-electron chi connectivity index (χ3n) is 7.47. The first-order valence-electron chi connectivity index (χ1n) is 14.2. The SMILES string of the molecule is CO[C@H]1C=C/C=C(\C)C(=O)Nc2cc(O)c(NCC(=O)CO)c(c2O)C[C@@H](C)C[C@H](OC)[C@H](O)[C@@H](C)/C=C(\C)[C@@H]1OC(N)=O. The molecule has 244 valence electrons. The summed E-state index contributed by atoms with van der Waals surface area (Å²) in [6, 6.07) is 1.16. The Labute approximate surface area is 257 Å².